The molecule has 2 aromatic heterocycles. The lowest BCUT2D eigenvalue weighted by Crippen LogP contribution is -2.16. The molecular weight excluding hydrogens is 354 g/mol. The van der Waals surface area contributed by atoms with E-state index in [0.717, 1.165) is 35.7 Å². The van der Waals surface area contributed by atoms with Crippen molar-refractivity contribution in [3.05, 3.63) is 41.0 Å². The third-order valence-corrected chi connectivity index (χ3v) is 5.84. The van der Waals surface area contributed by atoms with Gasteiger partial charge in [0.25, 0.3) is 0 Å². The quantitative estimate of drug-likeness (QED) is 0.364. The molecular formula is C15H12ClN3S3. The molecule has 3 rings (SSSR count). The molecule has 0 saturated heterocycles. The second-order valence-electron chi connectivity index (χ2n) is 4.78. The highest BCUT2D eigenvalue weighted by molar-refractivity contribution is 8.23. The Balaban J connectivity index is 2.12. The number of hydrogen-bond donors (Lipinski definition) is 0. The van der Waals surface area contributed by atoms with E-state index in [4.69, 9.17) is 23.8 Å². The molecule has 0 aliphatic carbocycles. The number of thioether (sulfide) groups is 1. The van der Waals surface area contributed by atoms with Crippen LogP contribution in [0.1, 0.15) is 0 Å². The zero-order valence-electron chi connectivity index (χ0n) is 11.9. The summed E-state index contributed by atoms with van der Waals surface area (Å²) in [4.78, 5) is 11.7. The van der Waals surface area contributed by atoms with Crippen LogP contribution in [-0.2, 0) is 0 Å². The summed E-state index contributed by atoms with van der Waals surface area (Å²) in [5, 5.41) is 4.76. The second-order valence-corrected chi connectivity index (χ2v) is 7.69. The van der Waals surface area contributed by atoms with Gasteiger partial charge in [0.05, 0.1) is 5.39 Å². The molecule has 1 aromatic carbocycles. The molecule has 0 amide bonds. The summed E-state index contributed by atoms with van der Waals surface area (Å²) in [6.07, 6.45) is 1.59. The van der Waals surface area contributed by atoms with Gasteiger partial charge < -0.3 is 4.90 Å². The molecule has 3 nitrogen and oxygen atoms in total. The summed E-state index contributed by atoms with van der Waals surface area (Å²) in [7, 11) is 3.86. The first-order valence-electron chi connectivity index (χ1n) is 6.43. The lowest BCUT2D eigenvalue weighted by atomic mass is 10.1. The second kappa shape index (κ2) is 6.50. The zero-order chi connectivity index (χ0) is 15.7. The number of fused-ring (bicyclic) bond motifs is 1. The third-order valence-electron chi connectivity index (χ3n) is 3.04. The smallest absolute Gasteiger partial charge is 0.142 e. The maximum Gasteiger partial charge on any atom is 0.142 e. The van der Waals surface area contributed by atoms with Gasteiger partial charge in [0.1, 0.15) is 20.5 Å². The molecule has 2 heterocycles. The Bertz CT molecular complexity index is 828. The SMILES string of the molecule is CN(C)C(=S)Sc1ncnc2scc(-c3ccc(Cl)cc3)c12. The number of halogens is 1. The van der Waals surface area contributed by atoms with Gasteiger partial charge in [0.15, 0.2) is 0 Å². The number of thiocarbonyl (C=S) groups is 1. The van der Waals surface area contributed by atoms with Crippen LogP contribution >= 0.6 is 46.9 Å². The molecule has 112 valence electrons. The molecule has 0 aliphatic heterocycles. The molecule has 0 fully saturated rings. The lowest BCUT2D eigenvalue weighted by molar-refractivity contribution is 0.648. The first kappa shape index (κ1) is 15.7. The van der Waals surface area contributed by atoms with Crippen molar-refractivity contribution in [1.29, 1.82) is 0 Å². The number of hydrogen-bond acceptors (Lipinski definition) is 5. The topological polar surface area (TPSA) is 29.0 Å². The van der Waals surface area contributed by atoms with Gasteiger partial charge in [-0.05, 0) is 29.5 Å². The Morgan fingerprint density at radius 1 is 1.23 bits per heavy atom. The van der Waals surface area contributed by atoms with Crippen LogP contribution in [0.5, 0.6) is 0 Å². The van der Waals surface area contributed by atoms with Gasteiger partial charge in [-0.3, -0.25) is 0 Å². The van der Waals surface area contributed by atoms with Crippen LogP contribution < -0.4 is 0 Å². The van der Waals surface area contributed by atoms with E-state index in [1.807, 2.05) is 43.3 Å². The van der Waals surface area contributed by atoms with Crippen LogP contribution in [0.25, 0.3) is 21.3 Å². The fourth-order valence-electron chi connectivity index (χ4n) is 1.94. The number of nitrogens with zero attached hydrogens (tertiary/aromatic N) is 3. The van der Waals surface area contributed by atoms with E-state index < -0.39 is 0 Å². The normalized spacial score (nSPS) is 10.9. The Labute approximate surface area is 147 Å². The minimum atomic E-state index is 0.725. The fraction of sp³-hybridized carbons (Fsp3) is 0.133. The lowest BCUT2D eigenvalue weighted by Gasteiger charge is -2.12. The summed E-state index contributed by atoms with van der Waals surface area (Å²) < 4.78 is 0.772. The van der Waals surface area contributed by atoms with E-state index in [1.54, 1.807) is 17.7 Å². The van der Waals surface area contributed by atoms with Crippen molar-refractivity contribution in [3.8, 4) is 11.1 Å². The molecule has 0 atom stereocenters. The van der Waals surface area contributed by atoms with E-state index >= 15 is 0 Å². The maximum absolute atomic E-state index is 5.98. The van der Waals surface area contributed by atoms with Crippen molar-refractivity contribution in [2.75, 3.05) is 14.1 Å². The van der Waals surface area contributed by atoms with Gasteiger partial charge in [-0.2, -0.15) is 0 Å². The standard InChI is InChI=1S/C15H12ClN3S3/c1-19(2)15(20)22-14-12-11(7-21-13(12)17-8-18-14)9-3-5-10(16)6-4-9/h3-8H,1-2H3. The predicted molar refractivity (Wildman–Crippen MR) is 100 cm³/mol. The zero-order valence-corrected chi connectivity index (χ0v) is 15.1. The van der Waals surface area contributed by atoms with Gasteiger partial charge in [-0.1, -0.05) is 36.0 Å². The Morgan fingerprint density at radius 2 is 1.95 bits per heavy atom. The van der Waals surface area contributed by atoms with E-state index in [-0.39, 0.29) is 0 Å². The van der Waals surface area contributed by atoms with Crippen LogP contribution in [0.15, 0.2) is 41.0 Å². The molecule has 0 bridgehead atoms. The monoisotopic (exact) mass is 365 g/mol. The highest BCUT2D eigenvalue weighted by Crippen LogP contribution is 2.38. The molecule has 0 saturated carbocycles. The van der Waals surface area contributed by atoms with Gasteiger partial charge in [-0.25, -0.2) is 9.97 Å². The summed E-state index contributed by atoms with van der Waals surface area (Å²) in [5.74, 6) is 0. The largest absolute Gasteiger partial charge is 0.363 e. The molecule has 0 aliphatic rings. The highest BCUT2D eigenvalue weighted by atomic mass is 35.5. The van der Waals surface area contributed by atoms with Gasteiger partial charge in [-0.15, -0.1) is 11.3 Å². The Morgan fingerprint density at radius 3 is 2.64 bits per heavy atom. The highest BCUT2D eigenvalue weighted by Gasteiger charge is 2.15. The first-order valence-corrected chi connectivity index (χ1v) is 8.92. The summed E-state index contributed by atoms with van der Waals surface area (Å²) in [5.41, 5.74) is 2.21. The number of rotatable bonds is 2. The first-order chi connectivity index (χ1) is 10.6. The average Bonchev–Trinajstić information content (AvgIpc) is 2.93. The molecule has 22 heavy (non-hydrogen) atoms. The molecule has 0 spiro atoms. The molecule has 0 unspecified atom stereocenters. The Hall–Kier alpha value is -1.21. The fourth-order valence-corrected chi connectivity index (χ4v) is 4.04. The molecule has 0 radical (unpaired) electrons. The van der Waals surface area contributed by atoms with Crippen molar-refractivity contribution in [2.45, 2.75) is 5.03 Å². The van der Waals surface area contributed by atoms with Crippen LogP contribution in [0.4, 0.5) is 0 Å². The maximum atomic E-state index is 5.98. The average molecular weight is 366 g/mol. The summed E-state index contributed by atoms with van der Waals surface area (Å²) >= 11 is 14.5. The number of benzene rings is 1. The van der Waals surface area contributed by atoms with Crippen molar-refractivity contribution in [3.63, 3.8) is 0 Å². The molecule has 0 N–H and O–H groups in total. The van der Waals surface area contributed by atoms with Crippen molar-refractivity contribution in [2.24, 2.45) is 0 Å². The van der Waals surface area contributed by atoms with Crippen LogP contribution in [0.2, 0.25) is 5.02 Å². The van der Waals surface area contributed by atoms with E-state index in [1.165, 1.54) is 11.8 Å². The van der Waals surface area contributed by atoms with Crippen LogP contribution in [0, 0.1) is 0 Å². The van der Waals surface area contributed by atoms with E-state index in [9.17, 15) is 0 Å². The number of aromatic nitrogens is 2. The van der Waals surface area contributed by atoms with Crippen molar-refractivity contribution in [1.82, 2.24) is 14.9 Å². The summed E-state index contributed by atoms with van der Waals surface area (Å²) in [6.45, 7) is 0. The van der Waals surface area contributed by atoms with Crippen molar-refractivity contribution >= 4 is 61.5 Å². The minimum Gasteiger partial charge on any atom is -0.363 e. The van der Waals surface area contributed by atoms with Crippen molar-refractivity contribution < 1.29 is 0 Å². The predicted octanol–water partition coefficient (Wildman–Crippen LogP) is 4.95. The number of thiophene rings is 1. The van der Waals surface area contributed by atoms with Crippen LogP contribution in [-0.4, -0.2) is 33.3 Å². The van der Waals surface area contributed by atoms with Crippen LogP contribution in [0.3, 0.4) is 0 Å². The van der Waals surface area contributed by atoms with Gasteiger partial charge >= 0.3 is 0 Å². The van der Waals surface area contributed by atoms with E-state index in [2.05, 4.69) is 15.3 Å². The van der Waals surface area contributed by atoms with Gasteiger partial charge in [0.2, 0.25) is 0 Å². The molecule has 7 heteroatoms. The third kappa shape index (κ3) is 3.10. The summed E-state index contributed by atoms with van der Waals surface area (Å²) in [6, 6.07) is 7.80. The van der Waals surface area contributed by atoms with E-state index in [0.29, 0.717) is 0 Å². The molecule has 3 aromatic rings. The Kier molecular flexibility index (Phi) is 4.63. The minimum absolute atomic E-state index is 0.725. The van der Waals surface area contributed by atoms with Gasteiger partial charge in [0, 0.05) is 30.1 Å².